The SMILES string of the molecule is Cc1cc(Br)ccc1C(F)(F)CNC(=O)OC(C)(C)C. The molecule has 0 heterocycles. The van der Waals surface area contributed by atoms with Gasteiger partial charge in [-0.05, 0) is 45.4 Å². The van der Waals surface area contributed by atoms with Gasteiger partial charge in [-0.15, -0.1) is 0 Å². The van der Waals surface area contributed by atoms with E-state index < -0.39 is 24.2 Å². The number of benzene rings is 1. The van der Waals surface area contributed by atoms with Crippen LogP contribution in [0, 0.1) is 6.92 Å². The zero-order valence-corrected chi connectivity index (χ0v) is 13.5. The first-order chi connectivity index (χ1) is 9.01. The molecule has 6 heteroatoms. The number of rotatable bonds is 3. The van der Waals surface area contributed by atoms with Crippen molar-refractivity contribution in [2.75, 3.05) is 6.54 Å². The number of halogens is 3. The van der Waals surface area contributed by atoms with Crippen LogP contribution < -0.4 is 5.32 Å². The summed E-state index contributed by atoms with van der Waals surface area (Å²) in [6, 6.07) is 4.50. The number of aryl methyl sites for hydroxylation is 1. The molecule has 20 heavy (non-hydrogen) atoms. The van der Waals surface area contributed by atoms with Gasteiger partial charge in [0.1, 0.15) is 5.60 Å². The number of nitrogens with one attached hydrogen (secondary N) is 1. The van der Waals surface area contributed by atoms with Gasteiger partial charge in [-0.1, -0.05) is 22.0 Å². The summed E-state index contributed by atoms with van der Waals surface area (Å²) in [7, 11) is 0. The Kier molecular flexibility index (Phi) is 5.13. The van der Waals surface area contributed by atoms with Gasteiger partial charge in [0.25, 0.3) is 5.92 Å². The van der Waals surface area contributed by atoms with Crippen molar-refractivity contribution in [2.45, 2.75) is 39.2 Å². The fourth-order valence-electron chi connectivity index (χ4n) is 1.63. The molecule has 0 aliphatic carbocycles. The Hall–Kier alpha value is -1.17. The lowest BCUT2D eigenvalue weighted by Gasteiger charge is -2.23. The highest BCUT2D eigenvalue weighted by molar-refractivity contribution is 9.10. The van der Waals surface area contributed by atoms with Crippen LogP contribution in [-0.4, -0.2) is 18.2 Å². The molecule has 0 bridgehead atoms. The monoisotopic (exact) mass is 349 g/mol. The molecule has 0 aromatic heterocycles. The Labute approximate surface area is 125 Å². The van der Waals surface area contributed by atoms with Crippen LogP contribution >= 0.6 is 15.9 Å². The molecule has 0 saturated carbocycles. The van der Waals surface area contributed by atoms with Crippen LogP contribution in [0.2, 0.25) is 0 Å². The predicted octanol–water partition coefficient (Wildman–Crippen LogP) is 4.37. The maximum Gasteiger partial charge on any atom is 0.407 e. The first kappa shape index (κ1) is 16.9. The molecule has 0 saturated heterocycles. The summed E-state index contributed by atoms with van der Waals surface area (Å²) < 4.78 is 33.8. The lowest BCUT2D eigenvalue weighted by molar-refractivity contribution is -0.00965. The van der Waals surface area contributed by atoms with Crippen molar-refractivity contribution in [3.63, 3.8) is 0 Å². The van der Waals surface area contributed by atoms with Gasteiger partial charge in [-0.25, -0.2) is 4.79 Å². The third-order valence-corrected chi connectivity index (χ3v) is 2.93. The molecule has 1 N–H and O–H groups in total. The highest BCUT2D eigenvalue weighted by Gasteiger charge is 2.34. The van der Waals surface area contributed by atoms with E-state index in [-0.39, 0.29) is 5.56 Å². The fraction of sp³-hybridized carbons (Fsp3) is 0.500. The molecule has 112 valence electrons. The third kappa shape index (κ3) is 5.07. The first-order valence-corrected chi connectivity index (χ1v) is 6.92. The van der Waals surface area contributed by atoms with E-state index in [0.717, 1.165) is 4.47 Å². The van der Waals surface area contributed by atoms with Crippen molar-refractivity contribution >= 4 is 22.0 Å². The number of carbonyl (C=O) groups is 1. The van der Waals surface area contributed by atoms with E-state index in [2.05, 4.69) is 21.2 Å². The van der Waals surface area contributed by atoms with Crippen LogP contribution in [0.3, 0.4) is 0 Å². The van der Waals surface area contributed by atoms with Crippen molar-refractivity contribution in [3.05, 3.63) is 33.8 Å². The number of alkyl halides is 2. The average molecular weight is 350 g/mol. The van der Waals surface area contributed by atoms with Gasteiger partial charge in [0.15, 0.2) is 0 Å². The van der Waals surface area contributed by atoms with Gasteiger partial charge in [0.2, 0.25) is 0 Å². The lowest BCUT2D eigenvalue weighted by Crippen LogP contribution is -2.38. The topological polar surface area (TPSA) is 38.3 Å². The second kappa shape index (κ2) is 6.08. The fourth-order valence-corrected chi connectivity index (χ4v) is 2.11. The molecule has 1 aromatic carbocycles. The van der Waals surface area contributed by atoms with Crippen LogP contribution in [0.5, 0.6) is 0 Å². The van der Waals surface area contributed by atoms with E-state index in [9.17, 15) is 13.6 Å². The van der Waals surface area contributed by atoms with Crippen LogP contribution in [0.4, 0.5) is 13.6 Å². The molecule has 0 spiro atoms. The third-order valence-electron chi connectivity index (χ3n) is 2.44. The zero-order valence-electron chi connectivity index (χ0n) is 11.9. The number of ether oxygens (including phenoxy) is 1. The molecular weight excluding hydrogens is 332 g/mol. The van der Waals surface area contributed by atoms with E-state index in [0.29, 0.717) is 5.56 Å². The normalized spacial score (nSPS) is 12.2. The zero-order chi connectivity index (χ0) is 15.6. The molecule has 0 aliphatic rings. The maximum absolute atomic E-state index is 14.1. The van der Waals surface area contributed by atoms with E-state index in [1.807, 2.05) is 0 Å². The van der Waals surface area contributed by atoms with Crippen molar-refractivity contribution < 1.29 is 18.3 Å². The molecule has 3 nitrogen and oxygen atoms in total. The minimum atomic E-state index is -3.15. The van der Waals surface area contributed by atoms with Gasteiger partial charge in [0, 0.05) is 10.0 Å². The maximum atomic E-state index is 14.1. The molecule has 0 unspecified atom stereocenters. The second-order valence-corrected chi connectivity index (χ2v) is 6.43. The van der Waals surface area contributed by atoms with Gasteiger partial charge >= 0.3 is 6.09 Å². The molecule has 0 radical (unpaired) electrons. The highest BCUT2D eigenvalue weighted by atomic mass is 79.9. The molecule has 0 fully saturated rings. The number of hydrogen-bond acceptors (Lipinski definition) is 2. The van der Waals surface area contributed by atoms with Crippen molar-refractivity contribution in [1.29, 1.82) is 0 Å². The molecule has 1 amide bonds. The summed E-state index contributed by atoms with van der Waals surface area (Å²) in [5, 5.41) is 2.10. The van der Waals surface area contributed by atoms with Crippen LogP contribution in [-0.2, 0) is 10.7 Å². The Morgan fingerprint density at radius 3 is 2.45 bits per heavy atom. The van der Waals surface area contributed by atoms with Crippen LogP contribution in [0.1, 0.15) is 31.9 Å². The van der Waals surface area contributed by atoms with Crippen LogP contribution in [0.15, 0.2) is 22.7 Å². The Bertz CT molecular complexity index is 498. The largest absolute Gasteiger partial charge is 0.444 e. The van der Waals surface area contributed by atoms with E-state index in [4.69, 9.17) is 4.74 Å². The minimum Gasteiger partial charge on any atom is -0.444 e. The summed E-state index contributed by atoms with van der Waals surface area (Å²) in [5.41, 5.74) is -0.375. The highest BCUT2D eigenvalue weighted by Crippen LogP contribution is 2.31. The standard InChI is InChI=1S/C14H18BrF2NO2/c1-9-7-10(15)5-6-11(9)14(16,17)8-18-12(19)20-13(2,3)4/h5-7H,8H2,1-4H3,(H,18,19). The number of alkyl carbamates (subject to hydrolysis) is 1. The summed E-state index contributed by atoms with van der Waals surface area (Å²) >= 11 is 3.22. The van der Waals surface area contributed by atoms with E-state index in [1.165, 1.54) is 6.07 Å². The first-order valence-electron chi connectivity index (χ1n) is 6.12. The second-order valence-electron chi connectivity index (χ2n) is 5.52. The smallest absolute Gasteiger partial charge is 0.407 e. The number of carbonyl (C=O) groups excluding carboxylic acids is 1. The van der Waals surface area contributed by atoms with Crippen LogP contribution in [0.25, 0.3) is 0 Å². The summed E-state index contributed by atoms with van der Waals surface area (Å²) in [4.78, 5) is 11.4. The number of amides is 1. The van der Waals surface area contributed by atoms with E-state index >= 15 is 0 Å². The van der Waals surface area contributed by atoms with E-state index in [1.54, 1.807) is 39.8 Å². The van der Waals surface area contributed by atoms with Gasteiger partial charge in [-0.2, -0.15) is 8.78 Å². The summed E-state index contributed by atoms with van der Waals surface area (Å²) in [5.74, 6) is -3.15. The van der Waals surface area contributed by atoms with Crippen molar-refractivity contribution in [3.8, 4) is 0 Å². The Morgan fingerprint density at radius 2 is 1.95 bits per heavy atom. The quantitative estimate of drug-likeness (QED) is 0.879. The summed E-state index contributed by atoms with van der Waals surface area (Å²) in [6.45, 7) is 5.81. The molecule has 1 aromatic rings. The lowest BCUT2D eigenvalue weighted by atomic mass is 10.0. The van der Waals surface area contributed by atoms with Gasteiger partial charge in [0.05, 0.1) is 6.54 Å². The Balaban J connectivity index is 2.72. The van der Waals surface area contributed by atoms with Gasteiger partial charge in [-0.3, -0.25) is 0 Å². The molecule has 1 rings (SSSR count). The minimum absolute atomic E-state index is 0.114. The average Bonchev–Trinajstić information content (AvgIpc) is 2.23. The predicted molar refractivity (Wildman–Crippen MR) is 77.0 cm³/mol. The summed E-state index contributed by atoms with van der Waals surface area (Å²) in [6.07, 6.45) is -0.855. The molecular formula is C14H18BrF2NO2. The Morgan fingerprint density at radius 1 is 1.35 bits per heavy atom. The molecule has 0 atom stereocenters. The molecule has 0 aliphatic heterocycles. The van der Waals surface area contributed by atoms with Crippen molar-refractivity contribution in [2.24, 2.45) is 0 Å². The van der Waals surface area contributed by atoms with Crippen molar-refractivity contribution in [1.82, 2.24) is 5.32 Å². The number of hydrogen-bond donors (Lipinski definition) is 1. The van der Waals surface area contributed by atoms with Gasteiger partial charge < -0.3 is 10.1 Å².